The van der Waals surface area contributed by atoms with Gasteiger partial charge in [0.15, 0.2) is 0 Å². The number of hydrogen-bond donors (Lipinski definition) is 1. The molecule has 88 valence electrons. The van der Waals surface area contributed by atoms with Crippen LogP contribution >= 0.6 is 23.2 Å². The standard InChI is InChI=1S/C11H14Cl2N2O/c1-9-2-4-10(5-3-9)11(16)14-8-15(6-12)7-13/h2-5H,6-8H2,1H3,(H,14,16). The van der Waals surface area contributed by atoms with Crippen LogP contribution in [0.1, 0.15) is 15.9 Å². The number of carbonyl (C=O) groups is 1. The average Bonchev–Trinajstić information content (AvgIpc) is 2.31. The van der Waals surface area contributed by atoms with Crippen molar-refractivity contribution < 1.29 is 4.79 Å². The quantitative estimate of drug-likeness (QED) is 0.501. The Kier molecular flexibility index (Phi) is 5.60. The fourth-order valence-electron chi connectivity index (χ4n) is 1.11. The predicted octanol–water partition coefficient (Wildman–Crippen LogP) is 2.38. The third-order valence-electron chi connectivity index (χ3n) is 2.12. The molecule has 1 aromatic rings. The molecule has 1 rings (SSSR count). The van der Waals surface area contributed by atoms with Crippen molar-refractivity contribution in [3.63, 3.8) is 0 Å². The van der Waals surface area contributed by atoms with E-state index >= 15 is 0 Å². The molecule has 0 atom stereocenters. The Morgan fingerprint density at radius 2 is 1.81 bits per heavy atom. The van der Waals surface area contributed by atoms with Crippen molar-refractivity contribution in [1.29, 1.82) is 0 Å². The van der Waals surface area contributed by atoms with Gasteiger partial charge in [0, 0.05) is 5.56 Å². The van der Waals surface area contributed by atoms with Crippen LogP contribution in [-0.2, 0) is 0 Å². The summed E-state index contributed by atoms with van der Waals surface area (Å²) in [6, 6.07) is 7.95. The van der Waals surface area contributed by atoms with Gasteiger partial charge in [-0.3, -0.25) is 9.69 Å². The molecule has 1 amide bonds. The Labute approximate surface area is 105 Å². The van der Waals surface area contributed by atoms with Crippen LogP contribution in [0.4, 0.5) is 0 Å². The Hall–Kier alpha value is -0.770. The van der Waals surface area contributed by atoms with Gasteiger partial charge >= 0.3 is 0 Å². The number of nitrogens with one attached hydrogen (secondary N) is 1. The Balaban J connectivity index is 2.49. The monoisotopic (exact) mass is 260 g/mol. The minimum atomic E-state index is -0.125. The van der Waals surface area contributed by atoms with Gasteiger partial charge in [0.25, 0.3) is 5.91 Å². The topological polar surface area (TPSA) is 32.3 Å². The summed E-state index contributed by atoms with van der Waals surface area (Å²) in [7, 11) is 0. The maximum atomic E-state index is 11.7. The van der Waals surface area contributed by atoms with Gasteiger partial charge in [-0.25, -0.2) is 0 Å². The lowest BCUT2D eigenvalue weighted by molar-refractivity contribution is 0.0932. The third-order valence-corrected chi connectivity index (χ3v) is 2.79. The van der Waals surface area contributed by atoms with E-state index < -0.39 is 0 Å². The first-order valence-corrected chi connectivity index (χ1v) is 5.93. The van der Waals surface area contributed by atoms with Crippen LogP contribution in [-0.4, -0.2) is 29.5 Å². The van der Waals surface area contributed by atoms with Gasteiger partial charge in [-0.1, -0.05) is 17.7 Å². The zero-order valence-electron chi connectivity index (χ0n) is 9.04. The van der Waals surface area contributed by atoms with Crippen molar-refractivity contribution in [2.75, 3.05) is 18.7 Å². The molecule has 0 saturated carbocycles. The van der Waals surface area contributed by atoms with Crippen LogP contribution < -0.4 is 5.32 Å². The molecule has 1 N–H and O–H groups in total. The van der Waals surface area contributed by atoms with Gasteiger partial charge in [-0.15, -0.1) is 23.2 Å². The van der Waals surface area contributed by atoms with Gasteiger partial charge < -0.3 is 5.32 Å². The molecular formula is C11H14Cl2N2O. The van der Waals surface area contributed by atoms with E-state index in [0.717, 1.165) is 5.56 Å². The summed E-state index contributed by atoms with van der Waals surface area (Å²) in [5, 5.41) is 2.74. The highest BCUT2D eigenvalue weighted by Crippen LogP contribution is 2.03. The zero-order chi connectivity index (χ0) is 12.0. The molecule has 0 fully saturated rings. The fourth-order valence-corrected chi connectivity index (χ4v) is 1.53. The molecule has 5 heteroatoms. The first kappa shape index (κ1) is 13.3. The highest BCUT2D eigenvalue weighted by atomic mass is 35.5. The summed E-state index contributed by atoms with van der Waals surface area (Å²) >= 11 is 11.2. The number of rotatable bonds is 5. The molecule has 0 heterocycles. The van der Waals surface area contributed by atoms with Gasteiger partial charge in [0.2, 0.25) is 0 Å². The van der Waals surface area contributed by atoms with Crippen LogP contribution in [0.2, 0.25) is 0 Å². The first-order chi connectivity index (χ1) is 7.67. The lowest BCUT2D eigenvalue weighted by atomic mass is 10.1. The molecule has 3 nitrogen and oxygen atoms in total. The molecule has 0 aliphatic heterocycles. The normalized spacial score (nSPS) is 10.5. The highest BCUT2D eigenvalue weighted by molar-refractivity contribution is 6.20. The molecule has 0 spiro atoms. The summed E-state index contributed by atoms with van der Waals surface area (Å²) in [5.74, 6) is -0.125. The van der Waals surface area contributed by atoms with Gasteiger partial charge in [0.05, 0.1) is 18.7 Å². The highest BCUT2D eigenvalue weighted by Gasteiger charge is 2.06. The smallest absolute Gasteiger partial charge is 0.252 e. The summed E-state index contributed by atoms with van der Waals surface area (Å²) in [5.41, 5.74) is 1.76. The van der Waals surface area contributed by atoms with Crippen molar-refractivity contribution in [1.82, 2.24) is 10.2 Å². The van der Waals surface area contributed by atoms with E-state index in [1.165, 1.54) is 0 Å². The number of amides is 1. The SMILES string of the molecule is Cc1ccc(C(=O)NCN(CCl)CCl)cc1. The second kappa shape index (κ2) is 6.74. The van der Waals surface area contributed by atoms with Crippen molar-refractivity contribution >= 4 is 29.1 Å². The molecule has 0 aliphatic rings. The van der Waals surface area contributed by atoms with Crippen molar-refractivity contribution in [2.45, 2.75) is 6.92 Å². The molecule has 0 saturated heterocycles. The van der Waals surface area contributed by atoms with Crippen LogP contribution in [0.5, 0.6) is 0 Å². The van der Waals surface area contributed by atoms with Crippen LogP contribution in [0.15, 0.2) is 24.3 Å². The van der Waals surface area contributed by atoms with E-state index in [9.17, 15) is 4.79 Å². The van der Waals surface area contributed by atoms with Gasteiger partial charge in [-0.05, 0) is 19.1 Å². The second-order valence-corrected chi connectivity index (χ2v) is 3.92. The van der Waals surface area contributed by atoms with E-state index in [1.54, 1.807) is 17.0 Å². The number of nitrogens with zero attached hydrogens (tertiary/aromatic N) is 1. The van der Waals surface area contributed by atoms with Crippen LogP contribution in [0.3, 0.4) is 0 Å². The Morgan fingerprint density at radius 3 is 2.31 bits per heavy atom. The Morgan fingerprint density at radius 1 is 1.25 bits per heavy atom. The number of benzene rings is 1. The number of aryl methyl sites for hydroxylation is 1. The largest absolute Gasteiger partial charge is 0.339 e. The second-order valence-electron chi connectivity index (χ2n) is 3.44. The maximum Gasteiger partial charge on any atom is 0.252 e. The molecule has 1 aromatic carbocycles. The number of alkyl halides is 2. The van der Waals surface area contributed by atoms with E-state index in [-0.39, 0.29) is 17.9 Å². The zero-order valence-corrected chi connectivity index (χ0v) is 10.6. The van der Waals surface area contributed by atoms with E-state index in [0.29, 0.717) is 12.2 Å². The summed E-state index contributed by atoms with van der Waals surface area (Å²) in [6.07, 6.45) is 0. The summed E-state index contributed by atoms with van der Waals surface area (Å²) < 4.78 is 0. The molecule has 0 aliphatic carbocycles. The fraction of sp³-hybridized carbons (Fsp3) is 0.364. The molecule has 0 radical (unpaired) electrons. The van der Waals surface area contributed by atoms with E-state index in [2.05, 4.69) is 5.32 Å². The van der Waals surface area contributed by atoms with Crippen molar-refractivity contribution in [2.24, 2.45) is 0 Å². The van der Waals surface area contributed by atoms with Crippen molar-refractivity contribution in [3.05, 3.63) is 35.4 Å². The molecular weight excluding hydrogens is 247 g/mol. The van der Waals surface area contributed by atoms with Crippen LogP contribution in [0, 0.1) is 6.92 Å². The predicted molar refractivity (Wildman–Crippen MR) is 66.8 cm³/mol. The molecule has 0 aromatic heterocycles. The third kappa shape index (κ3) is 4.00. The van der Waals surface area contributed by atoms with E-state index in [1.807, 2.05) is 19.1 Å². The molecule has 0 bridgehead atoms. The molecule has 16 heavy (non-hydrogen) atoms. The lowest BCUT2D eigenvalue weighted by Crippen LogP contribution is -2.36. The minimum absolute atomic E-state index is 0.125. The minimum Gasteiger partial charge on any atom is -0.339 e. The maximum absolute atomic E-state index is 11.7. The number of halogens is 2. The average molecular weight is 261 g/mol. The number of hydrogen-bond acceptors (Lipinski definition) is 2. The summed E-state index contributed by atoms with van der Waals surface area (Å²) in [4.78, 5) is 13.4. The van der Waals surface area contributed by atoms with Crippen LogP contribution in [0.25, 0.3) is 0 Å². The van der Waals surface area contributed by atoms with Gasteiger partial charge in [0.1, 0.15) is 0 Å². The number of carbonyl (C=O) groups excluding carboxylic acids is 1. The Bertz CT molecular complexity index is 336. The van der Waals surface area contributed by atoms with Crippen molar-refractivity contribution in [3.8, 4) is 0 Å². The first-order valence-electron chi connectivity index (χ1n) is 4.86. The summed E-state index contributed by atoms with van der Waals surface area (Å²) in [6.45, 7) is 2.32. The van der Waals surface area contributed by atoms with Gasteiger partial charge in [-0.2, -0.15) is 0 Å². The molecule has 0 unspecified atom stereocenters. The van der Waals surface area contributed by atoms with E-state index in [4.69, 9.17) is 23.2 Å². The lowest BCUT2D eigenvalue weighted by Gasteiger charge is -2.16.